The number of halogens is 2. The van der Waals surface area contributed by atoms with Gasteiger partial charge in [0.25, 0.3) is 5.91 Å². The summed E-state index contributed by atoms with van der Waals surface area (Å²) in [5, 5.41) is 6.97. The van der Waals surface area contributed by atoms with Crippen molar-refractivity contribution in [3.05, 3.63) is 76.6 Å². The van der Waals surface area contributed by atoms with Crippen molar-refractivity contribution in [2.45, 2.75) is 27.2 Å². The number of rotatable bonds is 6. The molecule has 3 rings (SSSR count). The van der Waals surface area contributed by atoms with E-state index in [2.05, 4.69) is 10.4 Å². The third-order valence-corrected chi connectivity index (χ3v) is 4.47. The molecule has 1 N–H and O–H groups in total. The van der Waals surface area contributed by atoms with Crippen LogP contribution < -0.4 is 5.32 Å². The summed E-state index contributed by atoms with van der Waals surface area (Å²) in [5.74, 6) is -2.33. The molecule has 3 aromatic rings. The Labute approximate surface area is 172 Å². The van der Waals surface area contributed by atoms with E-state index in [-0.39, 0.29) is 11.3 Å². The van der Waals surface area contributed by atoms with Crippen molar-refractivity contribution in [3.8, 4) is 5.69 Å². The molecule has 0 aliphatic rings. The van der Waals surface area contributed by atoms with Crippen LogP contribution in [0.4, 0.5) is 14.5 Å². The maximum Gasteiger partial charge on any atom is 0.338 e. The number of hydrogen-bond donors (Lipinski definition) is 1. The van der Waals surface area contributed by atoms with Crippen LogP contribution in [-0.4, -0.2) is 28.3 Å². The number of esters is 1. The first-order chi connectivity index (χ1) is 14.3. The number of benzene rings is 2. The maximum absolute atomic E-state index is 14.1. The highest BCUT2D eigenvalue weighted by molar-refractivity contribution is 6.06. The average Bonchev–Trinajstić information content (AvgIpc) is 3.00. The fourth-order valence-electron chi connectivity index (χ4n) is 3.02. The van der Waals surface area contributed by atoms with E-state index in [0.717, 1.165) is 18.6 Å². The number of carbonyl (C=O) groups excluding carboxylic acids is 2. The molecule has 1 aromatic heterocycles. The molecule has 0 atom stereocenters. The quantitative estimate of drug-likeness (QED) is 0.600. The molecule has 0 fully saturated rings. The number of nitrogens with one attached hydrogen (secondary N) is 1. The standard InChI is InChI=1S/C22H21F2N3O3/c1-4-11-30-22(29)15-5-8-17(9-6-15)25-21(28)20-13(2)26-27(14(20)3)19-10-7-16(23)12-18(19)24/h5-10,12H,4,11H2,1-3H3,(H,25,28). The van der Waals surface area contributed by atoms with Gasteiger partial charge in [0.05, 0.1) is 29.1 Å². The minimum Gasteiger partial charge on any atom is -0.462 e. The van der Waals surface area contributed by atoms with Crippen LogP contribution in [0.15, 0.2) is 42.5 Å². The minimum atomic E-state index is -0.780. The number of anilines is 1. The largest absolute Gasteiger partial charge is 0.462 e. The lowest BCUT2D eigenvalue weighted by Gasteiger charge is -2.08. The summed E-state index contributed by atoms with van der Waals surface area (Å²) >= 11 is 0. The molecule has 0 bridgehead atoms. The van der Waals surface area contributed by atoms with Crippen LogP contribution in [0.5, 0.6) is 0 Å². The molecule has 0 aliphatic heterocycles. The predicted molar refractivity (Wildman–Crippen MR) is 108 cm³/mol. The van der Waals surface area contributed by atoms with Crippen molar-refractivity contribution in [1.29, 1.82) is 0 Å². The monoisotopic (exact) mass is 413 g/mol. The molecular formula is C22H21F2N3O3. The topological polar surface area (TPSA) is 73.2 Å². The van der Waals surface area contributed by atoms with Gasteiger partial charge in [-0.1, -0.05) is 6.92 Å². The van der Waals surface area contributed by atoms with Crippen molar-refractivity contribution in [3.63, 3.8) is 0 Å². The van der Waals surface area contributed by atoms with Crippen LogP contribution in [0.2, 0.25) is 0 Å². The van der Waals surface area contributed by atoms with Gasteiger partial charge in [-0.3, -0.25) is 4.79 Å². The van der Waals surface area contributed by atoms with Gasteiger partial charge < -0.3 is 10.1 Å². The van der Waals surface area contributed by atoms with Gasteiger partial charge in [0, 0.05) is 11.8 Å². The average molecular weight is 413 g/mol. The summed E-state index contributed by atoms with van der Waals surface area (Å²) < 4.78 is 33.7. The highest BCUT2D eigenvalue weighted by Gasteiger charge is 2.21. The smallest absolute Gasteiger partial charge is 0.338 e. The van der Waals surface area contributed by atoms with Gasteiger partial charge >= 0.3 is 5.97 Å². The van der Waals surface area contributed by atoms with Gasteiger partial charge in [0.2, 0.25) is 0 Å². The van der Waals surface area contributed by atoms with Crippen molar-refractivity contribution in [2.75, 3.05) is 11.9 Å². The Morgan fingerprint density at radius 1 is 1.10 bits per heavy atom. The van der Waals surface area contributed by atoms with Crippen LogP contribution in [0.3, 0.4) is 0 Å². The van der Waals surface area contributed by atoms with Crippen LogP contribution in [0.25, 0.3) is 5.69 Å². The lowest BCUT2D eigenvalue weighted by molar-refractivity contribution is 0.0505. The zero-order valence-corrected chi connectivity index (χ0v) is 16.8. The van der Waals surface area contributed by atoms with Gasteiger partial charge in [-0.2, -0.15) is 5.10 Å². The van der Waals surface area contributed by atoms with Crippen molar-refractivity contribution < 1.29 is 23.1 Å². The number of aromatic nitrogens is 2. The van der Waals surface area contributed by atoms with Crippen molar-refractivity contribution >= 4 is 17.6 Å². The van der Waals surface area contributed by atoms with Crippen molar-refractivity contribution in [1.82, 2.24) is 9.78 Å². The summed E-state index contributed by atoms with van der Waals surface area (Å²) in [5.41, 5.74) is 2.00. The molecule has 30 heavy (non-hydrogen) atoms. The Hall–Kier alpha value is -3.55. The van der Waals surface area contributed by atoms with Crippen LogP contribution in [0.1, 0.15) is 45.4 Å². The third-order valence-electron chi connectivity index (χ3n) is 4.47. The number of ether oxygens (including phenoxy) is 1. The summed E-state index contributed by atoms with van der Waals surface area (Å²) in [6, 6.07) is 9.46. The van der Waals surface area contributed by atoms with E-state index >= 15 is 0 Å². The van der Waals surface area contributed by atoms with E-state index in [1.807, 2.05) is 6.92 Å². The molecule has 0 saturated heterocycles. The second kappa shape index (κ2) is 8.86. The number of nitrogens with zero attached hydrogens (tertiary/aromatic N) is 2. The molecule has 0 radical (unpaired) electrons. The SMILES string of the molecule is CCCOC(=O)c1ccc(NC(=O)c2c(C)nn(-c3ccc(F)cc3F)c2C)cc1. The Kier molecular flexibility index (Phi) is 6.25. The third kappa shape index (κ3) is 4.37. The lowest BCUT2D eigenvalue weighted by Crippen LogP contribution is -2.14. The first-order valence-electron chi connectivity index (χ1n) is 9.42. The number of hydrogen-bond acceptors (Lipinski definition) is 4. The Bertz CT molecular complexity index is 1090. The number of aryl methyl sites for hydroxylation is 1. The van der Waals surface area contributed by atoms with E-state index in [1.165, 1.54) is 10.7 Å². The molecule has 0 spiro atoms. The van der Waals surface area contributed by atoms with Gasteiger partial charge in [-0.25, -0.2) is 18.3 Å². The molecule has 0 saturated carbocycles. The fourth-order valence-corrected chi connectivity index (χ4v) is 3.02. The molecule has 2 aromatic carbocycles. The Morgan fingerprint density at radius 2 is 1.80 bits per heavy atom. The first kappa shape index (κ1) is 21.2. The van der Waals surface area contributed by atoms with Crippen LogP contribution >= 0.6 is 0 Å². The molecular weight excluding hydrogens is 392 g/mol. The fraction of sp³-hybridized carbons (Fsp3) is 0.227. The Balaban J connectivity index is 1.81. The van der Waals surface area contributed by atoms with Crippen LogP contribution in [0, 0.1) is 25.5 Å². The summed E-state index contributed by atoms with van der Waals surface area (Å²) in [7, 11) is 0. The zero-order valence-electron chi connectivity index (χ0n) is 16.8. The van der Waals surface area contributed by atoms with E-state index in [9.17, 15) is 18.4 Å². The van der Waals surface area contributed by atoms with Crippen LogP contribution in [-0.2, 0) is 4.74 Å². The highest BCUT2D eigenvalue weighted by Crippen LogP contribution is 2.22. The molecule has 6 nitrogen and oxygen atoms in total. The number of carbonyl (C=O) groups is 2. The Morgan fingerprint density at radius 3 is 2.43 bits per heavy atom. The van der Waals surface area contributed by atoms with E-state index in [1.54, 1.807) is 38.1 Å². The second-order valence-electron chi connectivity index (χ2n) is 6.72. The highest BCUT2D eigenvalue weighted by atomic mass is 19.1. The summed E-state index contributed by atoms with van der Waals surface area (Å²) in [6.45, 7) is 5.51. The molecule has 0 unspecified atom stereocenters. The van der Waals surface area contributed by atoms with Crippen molar-refractivity contribution in [2.24, 2.45) is 0 Å². The van der Waals surface area contributed by atoms with E-state index in [4.69, 9.17) is 4.74 Å². The molecule has 1 heterocycles. The normalized spacial score (nSPS) is 10.7. The minimum absolute atomic E-state index is 0.0472. The molecule has 1 amide bonds. The van der Waals surface area contributed by atoms with Gasteiger partial charge in [-0.05, 0) is 56.7 Å². The summed E-state index contributed by atoms with van der Waals surface area (Å²) in [4.78, 5) is 24.6. The lowest BCUT2D eigenvalue weighted by atomic mass is 10.1. The van der Waals surface area contributed by atoms with Gasteiger partial charge in [0.1, 0.15) is 11.5 Å². The van der Waals surface area contributed by atoms with Gasteiger partial charge in [0.15, 0.2) is 5.82 Å². The molecule has 8 heteroatoms. The maximum atomic E-state index is 14.1. The van der Waals surface area contributed by atoms with E-state index < -0.39 is 23.5 Å². The molecule has 0 aliphatic carbocycles. The second-order valence-corrected chi connectivity index (χ2v) is 6.72. The van der Waals surface area contributed by atoms with Gasteiger partial charge in [-0.15, -0.1) is 0 Å². The zero-order chi connectivity index (χ0) is 21.8. The predicted octanol–water partition coefficient (Wildman–Crippen LogP) is 4.59. The molecule has 156 valence electrons. The summed E-state index contributed by atoms with van der Waals surface area (Å²) in [6.07, 6.45) is 0.730. The van der Waals surface area contributed by atoms with E-state index in [0.29, 0.717) is 29.2 Å². The first-order valence-corrected chi connectivity index (χ1v) is 9.42. The number of amides is 1.